The summed E-state index contributed by atoms with van der Waals surface area (Å²) in [7, 11) is 4.06. The van der Waals surface area contributed by atoms with Gasteiger partial charge in [0.15, 0.2) is 5.76 Å². The number of hydrogen-bond donors (Lipinski definition) is 0. The summed E-state index contributed by atoms with van der Waals surface area (Å²) in [5.41, 5.74) is 5.80. The Kier molecular flexibility index (Phi) is 6.52. The second kappa shape index (κ2) is 9.49. The summed E-state index contributed by atoms with van der Waals surface area (Å²) < 4.78 is 6.38. The van der Waals surface area contributed by atoms with Crippen molar-refractivity contribution >= 4 is 23.0 Å². The van der Waals surface area contributed by atoms with Crippen LogP contribution in [-0.2, 0) is 0 Å². The molecule has 1 heterocycles. The summed E-state index contributed by atoms with van der Waals surface area (Å²) >= 11 is 6.56. The molecule has 32 heavy (non-hydrogen) atoms. The molecule has 0 saturated carbocycles. The smallest absolute Gasteiger partial charge is 0.227 e. The number of oxazole rings is 1. The molecule has 4 nitrogen and oxygen atoms in total. The normalized spacial score (nSPS) is 10.9. The van der Waals surface area contributed by atoms with Gasteiger partial charge < -0.3 is 14.2 Å². The Labute approximate surface area is 195 Å². The zero-order chi connectivity index (χ0) is 22.7. The van der Waals surface area contributed by atoms with Crippen molar-refractivity contribution in [1.82, 2.24) is 4.98 Å². The first kappa shape index (κ1) is 22.0. The molecule has 0 spiro atoms. The molecular weight excluding hydrogens is 418 g/mol. The van der Waals surface area contributed by atoms with Crippen molar-refractivity contribution in [3.8, 4) is 34.0 Å². The highest BCUT2D eigenvalue weighted by molar-refractivity contribution is 6.33. The predicted octanol–water partition coefficient (Wildman–Crippen LogP) is 7.24. The summed E-state index contributed by atoms with van der Waals surface area (Å²) in [5.74, 6) is 1.25. The molecule has 3 aromatic carbocycles. The van der Waals surface area contributed by atoms with Gasteiger partial charge in [-0.1, -0.05) is 41.9 Å². The quantitative estimate of drug-likeness (QED) is 0.300. The molecular formula is C27H28ClN3O. The van der Waals surface area contributed by atoms with Crippen molar-refractivity contribution < 1.29 is 4.42 Å². The van der Waals surface area contributed by atoms with Crippen LogP contribution >= 0.6 is 11.6 Å². The van der Waals surface area contributed by atoms with Crippen molar-refractivity contribution in [2.24, 2.45) is 0 Å². The van der Waals surface area contributed by atoms with E-state index in [1.54, 1.807) is 0 Å². The molecule has 164 valence electrons. The number of benzene rings is 3. The van der Waals surface area contributed by atoms with Crippen LogP contribution in [0.15, 0.2) is 77.2 Å². The Morgan fingerprint density at radius 1 is 0.812 bits per heavy atom. The average Bonchev–Trinajstić information content (AvgIpc) is 3.25. The summed E-state index contributed by atoms with van der Waals surface area (Å²) in [6.45, 7) is 6.26. The van der Waals surface area contributed by atoms with Gasteiger partial charge in [-0.2, -0.15) is 0 Å². The molecule has 0 atom stereocenters. The molecule has 1 aromatic heterocycles. The highest BCUT2D eigenvalue weighted by Crippen LogP contribution is 2.41. The van der Waals surface area contributed by atoms with Crippen LogP contribution in [0.2, 0.25) is 5.02 Å². The van der Waals surface area contributed by atoms with E-state index in [0.717, 1.165) is 41.2 Å². The first-order chi connectivity index (χ1) is 15.5. The van der Waals surface area contributed by atoms with Gasteiger partial charge in [-0.05, 0) is 56.3 Å². The molecule has 0 aliphatic rings. The molecule has 4 aromatic rings. The van der Waals surface area contributed by atoms with E-state index in [9.17, 15) is 0 Å². The van der Waals surface area contributed by atoms with Crippen LogP contribution in [0, 0.1) is 0 Å². The summed E-state index contributed by atoms with van der Waals surface area (Å²) in [6.07, 6.45) is 0. The fourth-order valence-electron chi connectivity index (χ4n) is 3.92. The van der Waals surface area contributed by atoms with Gasteiger partial charge in [0.1, 0.15) is 5.69 Å². The maximum absolute atomic E-state index is 6.56. The van der Waals surface area contributed by atoms with E-state index in [1.165, 1.54) is 5.69 Å². The zero-order valence-electron chi connectivity index (χ0n) is 19.0. The fourth-order valence-corrected chi connectivity index (χ4v) is 4.14. The van der Waals surface area contributed by atoms with E-state index in [1.807, 2.05) is 50.5 Å². The Morgan fingerprint density at radius 3 is 2.06 bits per heavy atom. The van der Waals surface area contributed by atoms with E-state index in [4.69, 9.17) is 21.0 Å². The van der Waals surface area contributed by atoms with Gasteiger partial charge in [-0.3, -0.25) is 0 Å². The fraction of sp³-hybridized carbons (Fsp3) is 0.222. The zero-order valence-corrected chi connectivity index (χ0v) is 19.7. The topological polar surface area (TPSA) is 32.5 Å². The van der Waals surface area contributed by atoms with Gasteiger partial charge in [-0.25, -0.2) is 4.98 Å². The highest BCUT2D eigenvalue weighted by Gasteiger charge is 2.22. The number of aromatic nitrogens is 1. The van der Waals surface area contributed by atoms with Crippen LogP contribution in [0.1, 0.15) is 13.8 Å². The van der Waals surface area contributed by atoms with Crippen LogP contribution in [0.25, 0.3) is 34.0 Å². The van der Waals surface area contributed by atoms with Gasteiger partial charge in [0.05, 0.1) is 5.02 Å². The van der Waals surface area contributed by atoms with Crippen molar-refractivity contribution in [2.75, 3.05) is 37.0 Å². The second-order valence-electron chi connectivity index (χ2n) is 7.81. The lowest BCUT2D eigenvalue weighted by Gasteiger charge is -2.20. The van der Waals surface area contributed by atoms with E-state index in [-0.39, 0.29) is 0 Å². The molecule has 0 amide bonds. The average molecular weight is 446 g/mol. The third-order valence-electron chi connectivity index (χ3n) is 5.63. The van der Waals surface area contributed by atoms with Crippen LogP contribution in [0.3, 0.4) is 0 Å². The maximum Gasteiger partial charge on any atom is 0.227 e. The monoisotopic (exact) mass is 445 g/mol. The minimum atomic E-state index is 0.578. The maximum atomic E-state index is 6.56. The van der Waals surface area contributed by atoms with Crippen molar-refractivity contribution in [3.63, 3.8) is 0 Å². The Bertz CT molecular complexity index is 1190. The molecule has 5 heteroatoms. The summed E-state index contributed by atoms with van der Waals surface area (Å²) in [6, 6.07) is 24.3. The minimum absolute atomic E-state index is 0.578. The molecule has 0 saturated heterocycles. The molecule has 0 unspecified atom stereocenters. The lowest BCUT2D eigenvalue weighted by molar-refractivity contribution is 0.589. The number of anilines is 2. The van der Waals surface area contributed by atoms with E-state index in [0.29, 0.717) is 16.7 Å². The SMILES string of the molecule is CCN(CC)c1ccc(-c2nc(-c3ccccc3N(C)C)c(-c3ccccc3Cl)o2)cc1. The van der Waals surface area contributed by atoms with E-state index in [2.05, 4.69) is 60.0 Å². The Hall–Kier alpha value is -3.24. The highest BCUT2D eigenvalue weighted by atomic mass is 35.5. The number of rotatable bonds is 7. The third kappa shape index (κ3) is 4.23. The lowest BCUT2D eigenvalue weighted by atomic mass is 10.0. The first-order valence-electron chi connectivity index (χ1n) is 10.9. The minimum Gasteiger partial charge on any atom is -0.435 e. The first-order valence-corrected chi connectivity index (χ1v) is 11.3. The van der Waals surface area contributed by atoms with Crippen LogP contribution in [-0.4, -0.2) is 32.2 Å². The number of halogens is 1. The van der Waals surface area contributed by atoms with Crippen molar-refractivity contribution in [2.45, 2.75) is 13.8 Å². The summed E-state index contributed by atoms with van der Waals surface area (Å²) in [5, 5.41) is 0.635. The van der Waals surface area contributed by atoms with Gasteiger partial charge in [-0.15, -0.1) is 0 Å². The Balaban J connectivity index is 1.87. The second-order valence-corrected chi connectivity index (χ2v) is 8.21. The van der Waals surface area contributed by atoms with Crippen molar-refractivity contribution in [3.05, 3.63) is 77.8 Å². The van der Waals surface area contributed by atoms with Crippen LogP contribution in [0.5, 0.6) is 0 Å². The van der Waals surface area contributed by atoms with Crippen molar-refractivity contribution in [1.29, 1.82) is 0 Å². The van der Waals surface area contributed by atoms with Crippen LogP contribution in [0.4, 0.5) is 11.4 Å². The molecule has 4 rings (SSSR count). The number of nitrogens with zero attached hydrogens (tertiary/aromatic N) is 3. The molecule has 0 radical (unpaired) electrons. The molecule has 0 bridgehead atoms. The van der Waals surface area contributed by atoms with Crippen LogP contribution < -0.4 is 9.80 Å². The van der Waals surface area contributed by atoms with Gasteiger partial charge in [0, 0.05) is 55.2 Å². The van der Waals surface area contributed by atoms with Gasteiger partial charge in [0.2, 0.25) is 5.89 Å². The third-order valence-corrected chi connectivity index (χ3v) is 5.96. The van der Waals surface area contributed by atoms with Gasteiger partial charge >= 0.3 is 0 Å². The molecule has 0 aliphatic carbocycles. The standard InChI is InChI=1S/C27H28ClN3O/c1-5-31(6-2)20-17-15-19(16-18-20)27-29-25(22-12-8-10-14-24(22)30(3)4)26(32-27)21-11-7-9-13-23(21)28/h7-18H,5-6H2,1-4H3. The summed E-state index contributed by atoms with van der Waals surface area (Å²) in [4.78, 5) is 9.36. The van der Waals surface area contributed by atoms with Gasteiger partial charge in [0.25, 0.3) is 0 Å². The number of para-hydroxylation sites is 1. The molecule has 0 aliphatic heterocycles. The lowest BCUT2D eigenvalue weighted by Crippen LogP contribution is -2.21. The predicted molar refractivity (Wildman–Crippen MR) is 136 cm³/mol. The molecule has 0 fully saturated rings. The molecule has 0 N–H and O–H groups in total. The largest absolute Gasteiger partial charge is 0.435 e. The van der Waals surface area contributed by atoms with E-state index >= 15 is 0 Å². The Morgan fingerprint density at radius 2 is 1.44 bits per heavy atom. The number of hydrogen-bond acceptors (Lipinski definition) is 4. The van der Waals surface area contributed by atoms with E-state index < -0.39 is 0 Å².